The highest BCUT2D eigenvalue weighted by atomic mass is 32.1. The van der Waals surface area contributed by atoms with E-state index in [9.17, 15) is 22.8 Å². The molecule has 2 aliphatic rings. The van der Waals surface area contributed by atoms with E-state index >= 15 is 0 Å². The summed E-state index contributed by atoms with van der Waals surface area (Å²) in [6.45, 7) is 5.64. The van der Waals surface area contributed by atoms with E-state index in [1.54, 1.807) is 30.5 Å². The van der Waals surface area contributed by atoms with Crippen molar-refractivity contribution in [3.05, 3.63) is 59.4 Å². The summed E-state index contributed by atoms with van der Waals surface area (Å²) in [6, 6.07) is 2.33. The normalized spacial score (nSPS) is 20.3. The third-order valence-corrected chi connectivity index (χ3v) is 7.92. The molecule has 1 atom stereocenters. The summed E-state index contributed by atoms with van der Waals surface area (Å²) in [4.78, 5) is 29.2. The van der Waals surface area contributed by atoms with Crippen LogP contribution in [0.1, 0.15) is 37.5 Å². The molecule has 1 aliphatic heterocycles. The summed E-state index contributed by atoms with van der Waals surface area (Å²) < 4.78 is 41.7. The van der Waals surface area contributed by atoms with Gasteiger partial charge in [0.05, 0.1) is 13.1 Å². The third kappa shape index (κ3) is 6.12. The zero-order valence-corrected chi connectivity index (χ0v) is 21.7. The van der Waals surface area contributed by atoms with Crippen molar-refractivity contribution in [2.24, 2.45) is 5.41 Å². The predicted molar refractivity (Wildman–Crippen MR) is 139 cm³/mol. The first kappa shape index (κ1) is 27.5. The Balaban J connectivity index is 1.32. The van der Waals surface area contributed by atoms with Crippen LogP contribution in [0.4, 0.5) is 19.0 Å². The molecule has 38 heavy (non-hydrogen) atoms. The monoisotopic (exact) mass is 546 g/mol. The van der Waals surface area contributed by atoms with E-state index in [4.69, 9.17) is 0 Å². The number of likely N-dealkylation sites (tertiary alicyclic amines) is 1. The molecule has 1 aliphatic carbocycles. The fourth-order valence-corrected chi connectivity index (χ4v) is 5.34. The molecule has 3 heterocycles. The lowest BCUT2D eigenvalue weighted by Crippen LogP contribution is -2.42. The van der Waals surface area contributed by atoms with Gasteiger partial charge in [-0.1, -0.05) is 25.2 Å². The molecule has 1 saturated heterocycles. The van der Waals surface area contributed by atoms with Crippen LogP contribution >= 0.6 is 11.3 Å². The van der Waals surface area contributed by atoms with Crippen LogP contribution < -0.4 is 10.6 Å². The van der Waals surface area contributed by atoms with Crippen molar-refractivity contribution in [2.45, 2.75) is 51.1 Å². The lowest BCUT2D eigenvalue weighted by molar-refractivity contribution is -0.131. The number of nitrogens with zero attached hydrogens (tertiary/aromatic N) is 4. The number of anilines is 1. The van der Waals surface area contributed by atoms with Crippen LogP contribution in [0.5, 0.6) is 0 Å². The second-order valence-corrected chi connectivity index (χ2v) is 10.6. The molecule has 8 nitrogen and oxygen atoms in total. The van der Waals surface area contributed by atoms with Gasteiger partial charge in [0.15, 0.2) is 0 Å². The smallest absolute Gasteiger partial charge is 0.267 e. The van der Waals surface area contributed by atoms with Gasteiger partial charge >= 0.3 is 0 Å². The van der Waals surface area contributed by atoms with Gasteiger partial charge < -0.3 is 15.5 Å². The second-order valence-electron chi connectivity index (χ2n) is 9.51. The third-order valence-electron chi connectivity index (χ3n) is 6.90. The standard InChI is InChI=1S/C26H29F3N6O2S/c1-3-4-6-19(27)17(2)25(9-5-10-25)14-32-22-8-7-20(33-34-22)24-31-13-18(38-24)12-30-23(37)21-11-26(28,29)15-35(21)16-36/h3-4,6-8,13,16,21H,2,5,9-12,14-15H2,1H3,(H,30,37)(H,32,34)/b4-3-,19-6+. The van der Waals surface area contributed by atoms with Crippen molar-refractivity contribution in [1.82, 2.24) is 25.4 Å². The summed E-state index contributed by atoms with van der Waals surface area (Å²) in [5.41, 5.74) is 0.666. The molecule has 4 rings (SSSR count). The number of halogens is 3. The Labute approximate surface area is 222 Å². The van der Waals surface area contributed by atoms with Gasteiger partial charge in [0, 0.05) is 29.5 Å². The number of hydrogen-bond acceptors (Lipinski definition) is 7. The first-order valence-corrected chi connectivity index (χ1v) is 13.1. The zero-order chi connectivity index (χ0) is 27.3. The van der Waals surface area contributed by atoms with Gasteiger partial charge in [0.2, 0.25) is 12.3 Å². The number of allylic oxidation sites excluding steroid dienone is 4. The van der Waals surface area contributed by atoms with Crippen LogP contribution in [0.15, 0.2) is 54.5 Å². The van der Waals surface area contributed by atoms with Crippen molar-refractivity contribution in [3.63, 3.8) is 0 Å². The van der Waals surface area contributed by atoms with Crippen LogP contribution in [0, 0.1) is 5.41 Å². The average molecular weight is 547 g/mol. The van der Waals surface area contributed by atoms with Crippen molar-refractivity contribution in [3.8, 4) is 10.7 Å². The minimum Gasteiger partial charge on any atom is -0.368 e. The van der Waals surface area contributed by atoms with Gasteiger partial charge in [-0.05, 0) is 43.5 Å². The zero-order valence-electron chi connectivity index (χ0n) is 20.9. The molecule has 2 amide bonds. The molecule has 2 aromatic rings. The fraction of sp³-hybridized carbons (Fsp3) is 0.423. The van der Waals surface area contributed by atoms with Gasteiger partial charge in [0.1, 0.15) is 28.4 Å². The molecule has 12 heteroatoms. The van der Waals surface area contributed by atoms with E-state index in [1.165, 1.54) is 17.4 Å². The van der Waals surface area contributed by atoms with Crippen LogP contribution in [-0.2, 0) is 16.1 Å². The van der Waals surface area contributed by atoms with Gasteiger partial charge in [-0.3, -0.25) is 9.59 Å². The van der Waals surface area contributed by atoms with Gasteiger partial charge in [-0.2, -0.15) is 0 Å². The van der Waals surface area contributed by atoms with Gasteiger partial charge in [-0.15, -0.1) is 21.5 Å². The van der Waals surface area contributed by atoms with E-state index in [2.05, 4.69) is 32.4 Å². The number of amides is 2. The van der Waals surface area contributed by atoms with Crippen LogP contribution in [0.3, 0.4) is 0 Å². The van der Waals surface area contributed by atoms with E-state index in [0.29, 0.717) is 33.5 Å². The number of carbonyl (C=O) groups excluding carboxylic acids is 2. The summed E-state index contributed by atoms with van der Waals surface area (Å²) in [5.74, 6) is -3.48. The number of rotatable bonds is 11. The minimum absolute atomic E-state index is 0.0867. The molecule has 0 aromatic carbocycles. The van der Waals surface area contributed by atoms with E-state index in [-0.39, 0.29) is 24.2 Å². The van der Waals surface area contributed by atoms with Crippen molar-refractivity contribution in [2.75, 3.05) is 18.4 Å². The minimum atomic E-state index is -3.08. The average Bonchev–Trinajstić information content (AvgIpc) is 3.49. The maximum atomic E-state index is 14.5. The Morgan fingerprint density at radius 2 is 2.11 bits per heavy atom. The highest BCUT2D eigenvalue weighted by Crippen LogP contribution is 2.49. The SMILES string of the molecule is C=C(/C(F)=C\C=C/C)C1(CNc2ccc(-c3ncc(CNC(=O)C4CC(F)(F)CN4C=O)s3)nn2)CCC1. The molecule has 2 aromatic heterocycles. The fourth-order valence-electron chi connectivity index (χ4n) is 4.52. The highest BCUT2D eigenvalue weighted by molar-refractivity contribution is 7.15. The molecule has 1 unspecified atom stereocenters. The molecular weight excluding hydrogens is 517 g/mol. The number of hydrogen-bond donors (Lipinski definition) is 2. The molecule has 1 saturated carbocycles. The van der Waals surface area contributed by atoms with Crippen LogP contribution in [0.25, 0.3) is 10.7 Å². The largest absolute Gasteiger partial charge is 0.368 e. The molecule has 0 bridgehead atoms. The molecule has 2 fully saturated rings. The summed E-state index contributed by atoms with van der Waals surface area (Å²) >= 11 is 1.28. The Morgan fingerprint density at radius 3 is 2.74 bits per heavy atom. The van der Waals surface area contributed by atoms with Gasteiger partial charge in [0.25, 0.3) is 5.92 Å². The Bertz CT molecular complexity index is 1240. The summed E-state index contributed by atoms with van der Waals surface area (Å²) in [7, 11) is 0. The van der Waals surface area contributed by atoms with Gasteiger partial charge in [-0.25, -0.2) is 18.2 Å². The molecule has 0 spiro atoms. The summed E-state index contributed by atoms with van der Waals surface area (Å²) in [5, 5.41) is 14.9. The van der Waals surface area contributed by atoms with E-state index < -0.39 is 30.8 Å². The molecular formula is C26H29F3N6O2S. The maximum absolute atomic E-state index is 14.5. The van der Waals surface area contributed by atoms with Crippen LogP contribution in [-0.4, -0.2) is 57.5 Å². The van der Waals surface area contributed by atoms with Crippen molar-refractivity contribution < 1.29 is 22.8 Å². The topological polar surface area (TPSA) is 100 Å². The molecule has 202 valence electrons. The number of thiazole rings is 1. The number of aromatic nitrogens is 3. The van der Waals surface area contributed by atoms with Crippen LogP contribution in [0.2, 0.25) is 0 Å². The Hall–Kier alpha value is -3.54. The highest BCUT2D eigenvalue weighted by Gasteiger charge is 2.47. The number of alkyl halides is 2. The molecule has 2 N–H and O–H groups in total. The summed E-state index contributed by atoms with van der Waals surface area (Å²) in [6.07, 6.45) is 8.69. The van der Waals surface area contributed by atoms with E-state index in [0.717, 1.165) is 24.2 Å². The first-order valence-electron chi connectivity index (χ1n) is 12.2. The van der Waals surface area contributed by atoms with Crippen molar-refractivity contribution in [1.29, 1.82) is 0 Å². The Kier molecular flexibility index (Phi) is 8.29. The quantitative estimate of drug-likeness (QED) is 0.314. The lowest BCUT2D eigenvalue weighted by Gasteiger charge is -2.43. The molecule has 0 radical (unpaired) electrons. The van der Waals surface area contributed by atoms with E-state index in [1.807, 2.05) is 6.92 Å². The first-order chi connectivity index (χ1) is 18.2. The predicted octanol–water partition coefficient (Wildman–Crippen LogP) is 4.65. The number of nitrogens with one attached hydrogen (secondary N) is 2. The van der Waals surface area contributed by atoms with Crippen molar-refractivity contribution >= 4 is 29.5 Å². The Morgan fingerprint density at radius 1 is 1.32 bits per heavy atom. The number of carbonyl (C=O) groups is 2. The maximum Gasteiger partial charge on any atom is 0.267 e. The second kappa shape index (κ2) is 11.5. The lowest BCUT2D eigenvalue weighted by atomic mass is 9.64.